The SMILES string of the molecule is C=CCN(C(=O)[C@H]1N([C@H](CO)c2ccccc2)C(=O)[C@@H]2[C@@H](C(=O)O)[C@@H]3O[C@@]21CC3Br)c1ccc2ccccc2c1. The van der Waals surface area contributed by atoms with Crippen molar-refractivity contribution in [3.63, 3.8) is 0 Å². The van der Waals surface area contributed by atoms with Crippen LogP contribution in [0.15, 0.2) is 85.5 Å². The topological polar surface area (TPSA) is 107 Å². The fraction of sp³-hybridized carbons (Fsp3) is 0.323. The zero-order valence-electron chi connectivity index (χ0n) is 21.6. The zero-order chi connectivity index (χ0) is 28.2. The summed E-state index contributed by atoms with van der Waals surface area (Å²) in [7, 11) is 0. The van der Waals surface area contributed by atoms with Crippen LogP contribution < -0.4 is 4.90 Å². The van der Waals surface area contributed by atoms with Crippen molar-refractivity contribution in [2.75, 3.05) is 18.1 Å². The third-order valence-electron chi connectivity index (χ3n) is 8.56. The van der Waals surface area contributed by atoms with Gasteiger partial charge < -0.3 is 24.7 Å². The van der Waals surface area contributed by atoms with E-state index in [0.29, 0.717) is 11.3 Å². The first kappa shape index (κ1) is 26.7. The van der Waals surface area contributed by atoms with E-state index in [2.05, 4.69) is 22.5 Å². The van der Waals surface area contributed by atoms with Gasteiger partial charge in [0.25, 0.3) is 5.91 Å². The van der Waals surface area contributed by atoms with E-state index in [9.17, 15) is 24.6 Å². The summed E-state index contributed by atoms with van der Waals surface area (Å²) < 4.78 is 6.42. The molecule has 9 heteroatoms. The highest BCUT2D eigenvalue weighted by Crippen LogP contribution is 2.61. The molecule has 0 aromatic heterocycles. The van der Waals surface area contributed by atoms with Gasteiger partial charge in [-0.2, -0.15) is 0 Å². The fourth-order valence-corrected chi connectivity index (χ4v) is 7.88. The van der Waals surface area contributed by atoms with Crippen molar-refractivity contribution in [2.45, 2.75) is 35.0 Å². The molecule has 1 unspecified atom stereocenters. The molecule has 0 saturated carbocycles. The van der Waals surface area contributed by atoms with Crippen LogP contribution in [0.25, 0.3) is 10.8 Å². The Bertz CT molecular complexity index is 1500. The Morgan fingerprint density at radius 3 is 2.50 bits per heavy atom. The summed E-state index contributed by atoms with van der Waals surface area (Å²) in [6, 6.07) is 20.5. The summed E-state index contributed by atoms with van der Waals surface area (Å²) in [5.74, 6) is -4.22. The van der Waals surface area contributed by atoms with E-state index in [4.69, 9.17) is 4.74 Å². The molecule has 3 heterocycles. The van der Waals surface area contributed by atoms with Crippen LogP contribution >= 0.6 is 15.9 Å². The van der Waals surface area contributed by atoms with Crippen LogP contribution in [0.4, 0.5) is 5.69 Å². The van der Waals surface area contributed by atoms with Crippen molar-refractivity contribution in [1.82, 2.24) is 4.90 Å². The molecule has 3 aliphatic rings. The van der Waals surface area contributed by atoms with Gasteiger partial charge in [-0.25, -0.2) is 0 Å². The molecule has 3 saturated heterocycles. The number of anilines is 1. The van der Waals surface area contributed by atoms with Crippen molar-refractivity contribution in [2.24, 2.45) is 11.8 Å². The lowest BCUT2D eigenvalue weighted by molar-refractivity contribution is -0.151. The Balaban J connectivity index is 1.51. The quantitative estimate of drug-likeness (QED) is 0.298. The van der Waals surface area contributed by atoms with E-state index in [1.165, 1.54) is 4.90 Å². The van der Waals surface area contributed by atoms with Gasteiger partial charge in [-0.1, -0.05) is 82.7 Å². The maximum absolute atomic E-state index is 14.7. The highest BCUT2D eigenvalue weighted by molar-refractivity contribution is 9.09. The molecule has 3 fully saturated rings. The Hall–Kier alpha value is -3.53. The summed E-state index contributed by atoms with van der Waals surface area (Å²) >= 11 is 3.58. The molecule has 2 amide bonds. The maximum Gasteiger partial charge on any atom is 0.310 e. The van der Waals surface area contributed by atoms with Crippen molar-refractivity contribution in [3.05, 3.63) is 91.0 Å². The number of carbonyl (C=O) groups is 3. The van der Waals surface area contributed by atoms with Crippen LogP contribution in [-0.2, 0) is 19.1 Å². The fourth-order valence-electron chi connectivity index (χ4n) is 6.94. The second-order valence-electron chi connectivity index (χ2n) is 10.6. The summed E-state index contributed by atoms with van der Waals surface area (Å²) in [6.07, 6.45) is 1.16. The van der Waals surface area contributed by atoms with E-state index in [1.54, 1.807) is 35.2 Å². The average molecular weight is 605 g/mol. The molecular weight excluding hydrogens is 576 g/mol. The summed E-state index contributed by atoms with van der Waals surface area (Å²) in [4.78, 5) is 44.1. The number of likely N-dealkylation sites (tertiary alicyclic amines) is 1. The van der Waals surface area contributed by atoms with Crippen LogP contribution in [0.5, 0.6) is 0 Å². The number of aliphatic carboxylic acids is 1. The molecule has 2 N–H and O–H groups in total. The minimum atomic E-state index is -1.37. The highest BCUT2D eigenvalue weighted by atomic mass is 79.9. The van der Waals surface area contributed by atoms with Crippen LogP contribution in [0.3, 0.4) is 0 Å². The molecule has 7 atom stereocenters. The summed E-state index contributed by atoms with van der Waals surface area (Å²) in [6.45, 7) is 3.57. The van der Waals surface area contributed by atoms with Crippen LogP contribution in [0.2, 0.25) is 0 Å². The Morgan fingerprint density at radius 2 is 1.82 bits per heavy atom. The van der Waals surface area contributed by atoms with E-state index in [0.717, 1.165) is 10.8 Å². The molecule has 3 aromatic rings. The number of carboxylic acids is 1. The number of hydrogen-bond acceptors (Lipinski definition) is 5. The normalized spacial score (nSPS) is 29.4. The Kier molecular flexibility index (Phi) is 6.76. The second kappa shape index (κ2) is 10.1. The Morgan fingerprint density at radius 1 is 1.12 bits per heavy atom. The van der Waals surface area contributed by atoms with E-state index in [-0.39, 0.29) is 17.8 Å². The van der Waals surface area contributed by atoms with Gasteiger partial charge in [-0.05, 0) is 34.9 Å². The van der Waals surface area contributed by atoms with Gasteiger partial charge in [0.15, 0.2) is 0 Å². The lowest BCUT2D eigenvalue weighted by Crippen LogP contribution is -2.57. The molecular formula is C31H29BrN2O6. The average Bonchev–Trinajstić information content (AvgIpc) is 3.56. The summed E-state index contributed by atoms with van der Waals surface area (Å²) in [5.41, 5.74) is -0.103. The van der Waals surface area contributed by atoms with Gasteiger partial charge in [0, 0.05) is 17.1 Å². The first-order chi connectivity index (χ1) is 19.3. The third-order valence-corrected chi connectivity index (χ3v) is 9.41. The van der Waals surface area contributed by atoms with Crippen molar-refractivity contribution in [3.8, 4) is 0 Å². The van der Waals surface area contributed by atoms with E-state index in [1.807, 2.05) is 48.5 Å². The number of halogens is 1. The molecule has 3 aromatic carbocycles. The number of aliphatic hydroxyl groups excluding tert-OH is 1. The largest absolute Gasteiger partial charge is 0.481 e. The highest BCUT2D eigenvalue weighted by Gasteiger charge is 2.77. The number of amides is 2. The molecule has 2 bridgehead atoms. The van der Waals surface area contributed by atoms with Crippen LogP contribution in [0.1, 0.15) is 18.0 Å². The van der Waals surface area contributed by atoms with E-state index < -0.39 is 60.0 Å². The lowest BCUT2D eigenvalue weighted by Gasteiger charge is -2.39. The van der Waals surface area contributed by atoms with Gasteiger partial charge in [-0.15, -0.1) is 6.58 Å². The number of ether oxygens (including phenoxy) is 1. The smallest absolute Gasteiger partial charge is 0.310 e. The van der Waals surface area contributed by atoms with Gasteiger partial charge >= 0.3 is 5.97 Å². The molecule has 8 nitrogen and oxygen atoms in total. The molecule has 0 radical (unpaired) electrons. The molecule has 206 valence electrons. The summed E-state index contributed by atoms with van der Waals surface area (Å²) in [5, 5.41) is 22.7. The number of alkyl halides is 1. The predicted molar refractivity (Wildman–Crippen MR) is 153 cm³/mol. The molecule has 1 spiro atoms. The Labute approximate surface area is 240 Å². The predicted octanol–water partition coefficient (Wildman–Crippen LogP) is 3.93. The number of aliphatic hydroxyl groups is 1. The van der Waals surface area contributed by atoms with Crippen LogP contribution in [-0.4, -0.2) is 68.6 Å². The van der Waals surface area contributed by atoms with Crippen molar-refractivity contribution < 1.29 is 29.3 Å². The van der Waals surface area contributed by atoms with Gasteiger partial charge in [0.2, 0.25) is 5.91 Å². The van der Waals surface area contributed by atoms with Gasteiger partial charge in [0.1, 0.15) is 11.6 Å². The second-order valence-corrected chi connectivity index (χ2v) is 11.8. The van der Waals surface area contributed by atoms with Crippen molar-refractivity contribution in [1.29, 1.82) is 0 Å². The number of fused-ring (bicyclic) bond motifs is 2. The number of carboxylic acid groups (broad SMARTS) is 1. The number of rotatable bonds is 8. The number of hydrogen-bond donors (Lipinski definition) is 2. The minimum absolute atomic E-state index is 0.162. The minimum Gasteiger partial charge on any atom is -0.481 e. The zero-order valence-corrected chi connectivity index (χ0v) is 23.2. The van der Waals surface area contributed by atoms with Crippen LogP contribution in [0, 0.1) is 11.8 Å². The molecule has 3 aliphatic heterocycles. The first-order valence-electron chi connectivity index (χ1n) is 13.3. The molecule has 40 heavy (non-hydrogen) atoms. The monoisotopic (exact) mass is 604 g/mol. The van der Waals surface area contributed by atoms with Gasteiger partial charge in [0.05, 0.1) is 30.6 Å². The third kappa shape index (κ3) is 3.90. The first-order valence-corrected chi connectivity index (χ1v) is 14.2. The number of carbonyl (C=O) groups excluding carboxylic acids is 2. The molecule has 0 aliphatic carbocycles. The standard InChI is InChI=1S/C31H29BrN2O6/c1-2-14-33(21-13-12-18-8-6-7-11-20(18)15-21)29(37)27-31-16-22(32)26(40-31)24(30(38)39)25(31)28(36)34(27)23(17-35)19-9-4-3-5-10-19/h2-13,15,22-27,35H,1,14,16-17H2,(H,38,39)/t22?,23-,24-,25+,26-,27-,31+/m1/s1. The lowest BCUT2D eigenvalue weighted by atomic mass is 9.70. The molecule has 6 rings (SSSR count). The van der Waals surface area contributed by atoms with Crippen molar-refractivity contribution >= 4 is 50.2 Å². The number of benzene rings is 3. The van der Waals surface area contributed by atoms with E-state index >= 15 is 0 Å². The van der Waals surface area contributed by atoms with Gasteiger partial charge in [-0.3, -0.25) is 14.4 Å². The maximum atomic E-state index is 14.7. The number of nitrogens with zero attached hydrogens (tertiary/aromatic N) is 2.